The van der Waals surface area contributed by atoms with Gasteiger partial charge in [0.15, 0.2) is 0 Å². The summed E-state index contributed by atoms with van der Waals surface area (Å²) in [7, 11) is 0. The molecule has 0 bridgehead atoms. The van der Waals surface area contributed by atoms with E-state index in [1.807, 2.05) is 0 Å². The van der Waals surface area contributed by atoms with Crippen LogP contribution in [0.5, 0.6) is 0 Å². The van der Waals surface area contributed by atoms with Gasteiger partial charge in [-0.2, -0.15) is 0 Å². The fourth-order valence-electron chi connectivity index (χ4n) is 1.58. The highest BCUT2D eigenvalue weighted by Gasteiger charge is 2.14. The number of nitro benzene ring substituents is 1. The van der Waals surface area contributed by atoms with Gasteiger partial charge in [0.2, 0.25) is 0 Å². The summed E-state index contributed by atoms with van der Waals surface area (Å²) in [6, 6.07) is 7.17. The van der Waals surface area contributed by atoms with E-state index in [4.69, 9.17) is 5.73 Å². The lowest BCUT2D eigenvalue weighted by atomic mass is 10.2. The third-order valence-electron chi connectivity index (χ3n) is 2.63. The quantitative estimate of drug-likeness (QED) is 0.297. The van der Waals surface area contributed by atoms with Crippen LogP contribution in [-0.4, -0.2) is 15.8 Å². The van der Waals surface area contributed by atoms with Crippen molar-refractivity contribution in [2.45, 2.75) is 0 Å². The second-order valence-electron chi connectivity index (χ2n) is 4.03. The molecule has 0 spiro atoms. The number of hydrogen-bond donors (Lipinski definition) is 4. The highest BCUT2D eigenvalue weighted by Crippen LogP contribution is 2.25. The van der Waals surface area contributed by atoms with E-state index in [1.165, 1.54) is 24.4 Å². The number of nitro groups is 1. The van der Waals surface area contributed by atoms with Gasteiger partial charge in [0.25, 0.3) is 11.6 Å². The third-order valence-corrected chi connectivity index (χ3v) is 2.85. The van der Waals surface area contributed by atoms with Crippen molar-refractivity contribution in [2.75, 3.05) is 15.8 Å². The Kier molecular flexibility index (Phi) is 4.24. The Bertz CT molecular complexity index is 690. The lowest BCUT2D eigenvalue weighted by molar-refractivity contribution is -0.383. The van der Waals surface area contributed by atoms with Crippen LogP contribution in [0.15, 0.2) is 36.5 Å². The van der Waals surface area contributed by atoms with Gasteiger partial charge in [-0.25, -0.2) is 4.98 Å². The van der Waals surface area contributed by atoms with Crippen LogP contribution in [-0.2, 0) is 0 Å². The Morgan fingerprint density at radius 3 is 2.67 bits per heavy atom. The van der Waals surface area contributed by atoms with Gasteiger partial charge < -0.3 is 15.8 Å². The normalized spacial score (nSPS) is 9.95. The molecule has 8 nitrogen and oxygen atoms in total. The van der Waals surface area contributed by atoms with Crippen LogP contribution in [0.1, 0.15) is 10.4 Å². The number of carbonyl (C=O) groups is 1. The number of hydrogen-bond acceptors (Lipinski definition) is 7. The summed E-state index contributed by atoms with van der Waals surface area (Å²) in [5.74, 6) is 0.0605. The first-order chi connectivity index (χ1) is 10.0. The third kappa shape index (κ3) is 3.39. The zero-order chi connectivity index (χ0) is 15.4. The van der Waals surface area contributed by atoms with Crippen LogP contribution in [0.2, 0.25) is 0 Å². The Hall–Kier alpha value is -2.81. The van der Waals surface area contributed by atoms with Crippen LogP contribution in [0, 0.1) is 10.1 Å². The summed E-state index contributed by atoms with van der Waals surface area (Å²) in [6.07, 6.45) is 1.36. The maximum Gasteiger partial charge on any atom is 0.294 e. The highest BCUT2D eigenvalue weighted by atomic mass is 32.1. The van der Waals surface area contributed by atoms with Gasteiger partial charge in [-0.05, 0) is 24.3 Å². The minimum atomic E-state index is -0.611. The maximum atomic E-state index is 12.0. The molecule has 0 saturated heterocycles. The van der Waals surface area contributed by atoms with Gasteiger partial charge in [0.1, 0.15) is 11.5 Å². The molecule has 1 amide bonds. The van der Waals surface area contributed by atoms with E-state index < -0.39 is 10.8 Å². The van der Waals surface area contributed by atoms with Gasteiger partial charge in [-0.15, -0.1) is 0 Å². The van der Waals surface area contributed by atoms with Crippen molar-refractivity contribution in [3.8, 4) is 0 Å². The van der Waals surface area contributed by atoms with Crippen molar-refractivity contribution in [2.24, 2.45) is 0 Å². The number of benzene rings is 1. The second-order valence-corrected chi connectivity index (χ2v) is 4.25. The molecule has 0 radical (unpaired) electrons. The van der Waals surface area contributed by atoms with Crippen molar-refractivity contribution >= 4 is 41.6 Å². The number of nitrogens with two attached hydrogens (primary N) is 1. The molecule has 0 aliphatic heterocycles. The average molecular weight is 305 g/mol. The smallest absolute Gasteiger partial charge is 0.294 e. The lowest BCUT2D eigenvalue weighted by Gasteiger charge is -2.06. The van der Waals surface area contributed by atoms with Crippen molar-refractivity contribution in [1.29, 1.82) is 0 Å². The maximum absolute atomic E-state index is 12.0. The van der Waals surface area contributed by atoms with Crippen LogP contribution in [0.3, 0.4) is 0 Å². The van der Waals surface area contributed by atoms with Crippen molar-refractivity contribution < 1.29 is 9.72 Å². The number of rotatable bonds is 4. The molecule has 0 atom stereocenters. The molecule has 2 rings (SSSR count). The van der Waals surface area contributed by atoms with E-state index in [2.05, 4.69) is 27.8 Å². The zero-order valence-electron chi connectivity index (χ0n) is 10.6. The summed E-state index contributed by atoms with van der Waals surface area (Å²) in [4.78, 5) is 26.1. The van der Waals surface area contributed by atoms with Crippen molar-refractivity contribution in [3.05, 3.63) is 52.2 Å². The molecular formula is C12H11N5O3S. The van der Waals surface area contributed by atoms with Crippen LogP contribution in [0.4, 0.5) is 22.9 Å². The molecular weight excluding hydrogens is 294 g/mol. The number of nitrogen functional groups attached to an aromatic ring is 1. The SMILES string of the molecule is Nc1ccc(NC(=O)c2ccc(NS)nc2)cc1[N+](=O)[O-]. The Morgan fingerprint density at radius 2 is 2.10 bits per heavy atom. The second kappa shape index (κ2) is 6.09. The number of carbonyl (C=O) groups excluding carboxylic acids is 1. The summed E-state index contributed by atoms with van der Waals surface area (Å²) < 4.78 is 2.53. The molecule has 4 N–H and O–H groups in total. The fraction of sp³-hybridized carbons (Fsp3) is 0. The summed E-state index contributed by atoms with van der Waals surface area (Å²) in [5.41, 5.74) is 5.84. The van der Waals surface area contributed by atoms with Gasteiger partial charge in [0.05, 0.1) is 10.5 Å². The molecule has 1 aromatic carbocycles. The monoisotopic (exact) mass is 305 g/mol. The predicted octanol–water partition coefficient (Wildman–Crippen LogP) is 2.08. The van der Waals surface area contributed by atoms with Crippen molar-refractivity contribution in [1.82, 2.24) is 4.98 Å². The first kappa shape index (κ1) is 14.6. The van der Waals surface area contributed by atoms with Gasteiger partial charge in [-0.1, -0.05) is 12.8 Å². The molecule has 1 heterocycles. The number of nitrogens with one attached hydrogen (secondary N) is 2. The van der Waals surface area contributed by atoms with E-state index in [1.54, 1.807) is 12.1 Å². The Labute approximate surface area is 125 Å². The standard InChI is InChI=1S/C12H11N5O3S/c13-9-3-2-8(5-10(9)17(19)20)15-12(18)7-1-4-11(16-21)14-6-7/h1-6,21H,13H2,(H,14,16)(H,15,18). The molecule has 0 fully saturated rings. The average Bonchev–Trinajstić information content (AvgIpc) is 2.49. The number of amides is 1. The predicted molar refractivity (Wildman–Crippen MR) is 82.3 cm³/mol. The molecule has 1 aromatic heterocycles. The Balaban J connectivity index is 2.19. The number of pyridine rings is 1. The molecule has 2 aromatic rings. The Morgan fingerprint density at radius 1 is 1.33 bits per heavy atom. The molecule has 0 unspecified atom stereocenters. The van der Waals surface area contributed by atoms with E-state index in [0.29, 0.717) is 11.4 Å². The number of anilines is 3. The lowest BCUT2D eigenvalue weighted by Crippen LogP contribution is -2.12. The van der Waals surface area contributed by atoms with Gasteiger partial charge in [0, 0.05) is 18.0 Å². The first-order valence-corrected chi connectivity index (χ1v) is 6.17. The summed E-state index contributed by atoms with van der Waals surface area (Å²) in [6.45, 7) is 0. The number of nitrogens with zero attached hydrogens (tertiary/aromatic N) is 2. The van der Waals surface area contributed by atoms with E-state index in [0.717, 1.165) is 0 Å². The minimum Gasteiger partial charge on any atom is -0.393 e. The fourth-order valence-corrected chi connectivity index (χ4v) is 1.71. The number of aromatic nitrogens is 1. The topological polar surface area (TPSA) is 123 Å². The number of thiol groups is 1. The van der Waals surface area contributed by atoms with E-state index >= 15 is 0 Å². The zero-order valence-corrected chi connectivity index (χ0v) is 11.5. The van der Waals surface area contributed by atoms with Gasteiger partial charge in [-0.3, -0.25) is 14.9 Å². The summed E-state index contributed by atoms with van der Waals surface area (Å²) in [5, 5.41) is 13.3. The van der Waals surface area contributed by atoms with Crippen LogP contribution < -0.4 is 15.8 Å². The minimum absolute atomic E-state index is 0.0314. The van der Waals surface area contributed by atoms with Gasteiger partial charge >= 0.3 is 0 Å². The molecule has 0 aliphatic rings. The molecule has 9 heteroatoms. The van der Waals surface area contributed by atoms with Crippen LogP contribution in [0.25, 0.3) is 0 Å². The highest BCUT2D eigenvalue weighted by molar-refractivity contribution is 7.81. The largest absolute Gasteiger partial charge is 0.393 e. The van der Waals surface area contributed by atoms with E-state index in [9.17, 15) is 14.9 Å². The first-order valence-electron chi connectivity index (χ1n) is 5.72. The summed E-state index contributed by atoms with van der Waals surface area (Å²) >= 11 is 3.83. The van der Waals surface area contributed by atoms with Crippen molar-refractivity contribution in [3.63, 3.8) is 0 Å². The van der Waals surface area contributed by atoms with E-state index in [-0.39, 0.29) is 17.1 Å². The molecule has 108 valence electrons. The van der Waals surface area contributed by atoms with Crippen LogP contribution >= 0.6 is 12.8 Å². The molecule has 0 saturated carbocycles. The molecule has 0 aliphatic carbocycles. The molecule has 21 heavy (non-hydrogen) atoms.